The van der Waals surface area contributed by atoms with E-state index in [-0.39, 0.29) is 5.54 Å². The lowest BCUT2D eigenvalue weighted by Crippen LogP contribution is -2.41. The van der Waals surface area contributed by atoms with Gasteiger partial charge in [-0.2, -0.15) is 17.0 Å². The minimum Gasteiger partial charge on any atom is -0.367 e. The fourth-order valence-electron chi connectivity index (χ4n) is 1.82. The Morgan fingerprint density at radius 2 is 2.12 bits per heavy atom. The molecule has 1 atom stereocenters. The Morgan fingerprint density at radius 3 is 2.69 bits per heavy atom. The quantitative estimate of drug-likeness (QED) is 0.905. The van der Waals surface area contributed by atoms with Gasteiger partial charge in [0.25, 0.3) is 0 Å². The second-order valence-electron chi connectivity index (χ2n) is 3.98. The van der Waals surface area contributed by atoms with Gasteiger partial charge in [0.15, 0.2) is 0 Å². The van der Waals surface area contributed by atoms with Gasteiger partial charge in [-0.05, 0) is 42.9 Å². The molecule has 0 radical (unpaired) electrons. The average molecular weight is 297 g/mol. The SMILES string of the molecule is N#CC1(Nc2ccc(Br)cc2)CCCSC1. The van der Waals surface area contributed by atoms with Gasteiger partial charge in [-0.3, -0.25) is 0 Å². The van der Waals surface area contributed by atoms with Crippen LogP contribution in [0.3, 0.4) is 0 Å². The summed E-state index contributed by atoms with van der Waals surface area (Å²) >= 11 is 5.26. The number of nitrogens with one attached hydrogen (secondary N) is 1. The summed E-state index contributed by atoms with van der Waals surface area (Å²) in [4.78, 5) is 0. The predicted molar refractivity (Wildman–Crippen MR) is 72.7 cm³/mol. The molecule has 2 nitrogen and oxygen atoms in total. The van der Waals surface area contributed by atoms with Crippen LogP contribution in [0.4, 0.5) is 5.69 Å². The summed E-state index contributed by atoms with van der Waals surface area (Å²) in [6.45, 7) is 0. The van der Waals surface area contributed by atoms with Crippen molar-refractivity contribution in [2.24, 2.45) is 0 Å². The van der Waals surface area contributed by atoms with Crippen LogP contribution in [0.25, 0.3) is 0 Å². The van der Waals surface area contributed by atoms with Crippen LogP contribution in [0.2, 0.25) is 0 Å². The zero-order chi connectivity index (χ0) is 11.4. The minimum atomic E-state index is -0.378. The summed E-state index contributed by atoms with van der Waals surface area (Å²) in [5.74, 6) is 2.05. The van der Waals surface area contributed by atoms with Gasteiger partial charge in [0, 0.05) is 15.9 Å². The zero-order valence-electron chi connectivity index (χ0n) is 8.87. The van der Waals surface area contributed by atoms with Crippen molar-refractivity contribution in [1.29, 1.82) is 5.26 Å². The summed E-state index contributed by atoms with van der Waals surface area (Å²) in [6, 6.07) is 10.4. The number of nitrogens with zero attached hydrogens (tertiary/aromatic N) is 1. The molecule has 1 aliphatic rings. The Bertz CT molecular complexity index is 390. The van der Waals surface area contributed by atoms with Crippen LogP contribution in [0, 0.1) is 11.3 Å². The van der Waals surface area contributed by atoms with Gasteiger partial charge in [-0.1, -0.05) is 15.9 Å². The Morgan fingerprint density at radius 1 is 1.38 bits per heavy atom. The number of nitriles is 1. The van der Waals surface area contributed by atoms with E-state index in [0.29, 0.717) is 0 Å². The first-order valence-electron chi connectivity index (χ1n) is 5.27. The molecule has 4 heteroatoms. The molecule has 1 saturated heterocycles. The Hall–Kier alpha value is -0.660. The molecular weight excluding hydrogens is 284 g/mol. The minimum absolute atomic E-state index is 0.378. The molecule has 1 aliphatic heterocycles. The summed E-state index contributed by atoms with van der Waals surface area (Å²) in [7, 11) is 0. The highest BCUT2D eigenvalue weighted by molar-refractivity contribution is 9.10. The van der Waals surface area contributed by atoms with Crippen LogP contribution >= 0.6 is 27.7 Å². The van der Waals surface area contributed by atoms with E-state index in [2.05, 4.69) is 27.3 Å². The molecule has 1 fully saturated rings. The third-order valence-electron chi connectivity index (χ3n) is 2.68. The molecule has 0 amide bonds. The second-order valence-corrected chi connectivity index (χ2v) is 6.00. The van der Waals surface area contributed by atoms with Crippen LogP contribution < -0.4 is 5.32 Å². The molecule has 0 aromatic heterocycles. The van der Waals surface area contributed by atoms with Gasteiger partial charge in [0.1, 0.15) is 5.54 Å². The molecule has 1 N–H and O–H groups in total. The van der Waals surface area contributed by atoms with Gasteiger partial charge >= 0.3 is 0 Å². The van der Waals surface area contributed by atoms with Crippen LogP contribution in [-0.2, 0) is 0 Å². The number of benzene rings is 1. The normalized spacial score (nSPS) is 24.8. The van der Waals surface area contributed by atoms with Gasteiger partial charge < -0.3 is 5.32 Å². The Labute approximate surface area is 109 Å². The van der Waals surface area contributed by atoms with E-state index in [1.807, 2.05) is 36.0 Å². The van der Waals surface area contributed by atoms with Gasteiger partial charge in [0.2, 0.25) is 0 Å². The maximum Gasteiger partial charge on any atom is 0.134 e. The van der Waals surface area contributed by atoms with E-state index in [1.165, 1.54) is 5.75 Å². The summed E-state index contributed by atoms with van der Waals surface area (Å²) in [5.41, 5.74) is 0.642. The van der Waals surface area contributed by atoms with Gasteiger partial charge in [0.05, 0.1) is 6.07 Å². The van der Waals surface area contributed by atoms with Crippen LogP contribution in [0.5, 0.6) is 0 Å². The molecule has 16 heavy (non-hydrogen) atoms. The largest absolute Gasteiger partial charge is 0.367 e. The van der Waals surface area contributed by atoms with Crippen LogP contribution in [0.15, 0.2) is 28.7 Å². The number of rotatable bonds is 2. The molecule has 0 aliphatic carbocycles. The fraction of sp³-hybridized carbons (Fsp3) is 0.417. The van der Waals surface area contributed by atoms with Crippen molar-refractivity contribution >= 4 is 33.4 Å². The summed E-state index contributed by atoms with van der Waals surface area (Å²) in [5, 5.41) is 12.7. The van der Waals surface area contributed by atoms with Crippen LogP contribution in [0.1, 0.15) is 12.8 Å². The van der Waals surface area contributed by atoms with Crippen molar-refractivity contribution in [1.82, 2.24) is 0 Å². The van der Waals surface area contributed by atoms with E-state index < -0.39 is 0 Å². The molecule has 0 bridgehead atoms. The van der Waals surface area contributed by atoms with Crippen molar-refractivity contribution < 1.29 is 0 Å². The lowest BCUT2D eigenvalue weighted by molar-refractivity contribution is 0.576. The molecule has 84 valence electrons. The van der Waals surface area contributed by atoms with Crippen molar-refractivity contribution in [2.75, 3.05) is 16.8 Å². The number of anilines is 1. The molecule has 0 saturated carbocycles. The van der Waals surface area contributed by atoms with E-state index in [9.17, 15) is 5.26 Å². The molecule has 1 heterocycles. The number of thioether (sulfide) groups is 1. The average Bonchev–Trinajstić information content (AvgIpc) is 2.33. The van der Waals surface area contributed by atoms with Crippen LogP contribution in [-0.4, -0.2) is 17.0 Å². The Balaban J connectivity index is 2.12. The highest BCUT2D eigenvalue weighted by Gasteiger charge is 2.32. The lowest BCUT2D eigenvalue weighted by atomic mass is 9.97. The number of hydrogen-bond donors (Lipinski definition) is 1. The molecule has 1 aromatic carbocycles. The Kier molecular flexibility index (Phi) is 3.78. The lowest BCUT2D eigenvalue weighted by Gasteiger charge is -2.32. The first kappa shape index (κ1) is 11.8. The van der Waals surface area contributed by atoms with Crippen molar-refractivity contribution in [2.45, 2.75) is 18.4 Å². The van der Waals surface area contributed by atoms with E-state index >= 15 is 0 Å². The third kappa shape index (κ3) is 2.72. The molecular formula is C12H13BrN2S. The summed E-state index contributed by atoms with van der Waals surface area (Å²) < 4.78 is 1.06. The first-order valence-corrected chi connectivity index (χ1v) is 7.22. The maximum absolute atomic E-state index is 9.32. The topological polar surface area (TPSA) is 35.8 Å². The third-order valence-corrected chi connectivity index (χ3v) is 4.49. The zero-order valence-corrected chi connectivity index (χ0v) is 11.3. The predicted octanol–water partition coefficient (Wildman–Crippen LogP) is 3.65. The van der Waals surface area contributed by atoms with Gasteiger partial charge in [-0.15, -0.1) is 0 Å². The second kappa shape index (κ2) is 5.11. The van der Waals surface area contributed by atoms with E-state index in [1.54, 1.807) is 0 Å². The van der Waals surface area contributed by atoms with Crippen molar-refractivity contribution in [3.8, 4) is 6.07 Å². The van der Waals surface area contributed by atoms with Gasteiger partial charge in [-0.25, -0.2) is 0 Å². The smallest absolute Gasteiger partial charge is 0.134 e. The van der Waals surface area contributed by atoms with Crippen molar-refractivity contribution in [3.63, 3.8) is 0 Å². The summed E-state index contributed by atoms with van der Waals surface area (Å²) in [6.07, 6.45) is 2.05. The van der Waals surface area contributed by atoms with E-state index in [0.717, 1.165) is 28.8 Å². The molecule has 1 unspecified atom stereocenters. The fourth-order valence-corrected chi connectivity index (χ4v) is 3.21. The van der Waals surface area contributed by atoms with Crippen molar-refractivity contribution in [3.05, 3.63) is 28.7 Å². The monoisotopic (exact) mass is 296 g/mol. The van der Waals surface area contributed by atoms with E-state index in [4.69, 9.17) is 0 Å². The molecule has 0 spiro atoms. The maximum atomic E-state index is 9.32. The number of hydrogen-bond acceptors (Lipinski definition) is 3. The highest BCUT2D eigenvalue weighted by atomic mass is 79.9. The molecule has 1 aromatic rings. The number of halogens is 1. The first-order chi connectivity index (χ1) is 7.74. The molecule has 2 rings (SSSR count). The highest BCUT2D eigenvalue weighted by Crippen LogP contribution is 2.30. The standard InChI is InChI=1S/C12H13BrN2S/c13-10-2-4-11(5-3-10)15-12(8-14)6-1-7-16-9-12/h2-5,15H,1,6-7,9H2.